The van der Waals surface area contributed by atoms with Crippen molar-refractivity contribution in [1.82, 2.24) is 24.3 Å². The number of aromatic nitrogens is 3. The van der Waals surface area contributed by atoms with Crippen molar-refractivity contribution < 1.29 is 22.0 Å². The second-order valence-electron chi connectivity index (χ2n) is 11.5. The third kappa shape index (κ3) is 6.39. The molecule has 1 aliphatic heterocycles. The fraction of sp³-hybridized carbons (Fsp3) is 0.312. The summed E-state index contributed by atoms with van der Waals surface area (Å²) < 4.78 is 57.8. The summed E-state index contributed by atoms with van der Waals surface area (Å²) in [4.78, 5) is 40.8. The molecule has 14 heteroatoms. The monoisotopic (exact) mass is 670 g/mol. The fourth-order valence-corrected chi connectivity index (χ4v) is 6.77. The number of hydrogen-bond donors (Lipinski definition) is 0. The Bertz CT molecular complexity index is 2030. The number of piperazine rings is 1. The van der Waals surface area contributed by atoms with Crippen LogP contribution in [0.3, 0.4) is 0 Å². The summed E-state index contributed by atoms with van der Waals surface area (Å²) in [5, 5.41) is -0.00999. The molecule has 2 aromatic heterocycles. The Balaban J connectivity index is 1.73. The van der Waals surface area contributed by atoms with Gasteiger partial charge in [-0.05, 0) is 57.8 Å². The molecule has 242 valence electrons. The Morgan fingerprint density at radius 1 is 1.11 bits per heavy atom. The molecule has 46 heavy (non-hydrogen) atoms. The quantitative estimate of drug-likeness (QED) is 0.269. The van der Waals surface area contributed by atoms with Crippen molar-refractivity contribution in [2.24, 2.45) is 0 Å². The number of amides is 1. The van der Waals surface area contributed by atoms with Gasteiger partial charge < -0.3 is 14.7 Å². The van der Waals surface area contributed by atoms with E-state index in [9.17, 15) is 18.0 Å². The van der Waals surface area contributed by atoms with Crippen molar-refractivity contribution in [1.29, 1.82) is 0 Å². The molecule has 0 aliphatic carbocycles. The minimum Gasteiger partial charge on any atom is -0.350 e. The third-order valence-corrected chi connectivity index (χ3v) is 9.21. The van der Waals surface area contributed by atoms with Gasteiger partial charge in [0.25, 0.3) is 0 Å². The number of anilines is 1. The molecule has 0 unspecified atom stereocenters. The normalized spacial score (nSPS) is 15.8. The van der Waals surface area contributed by atoms with Crippen LogP contribution in [-0.2, 0) is 14.6 Å². The predicted octanol–water partition coefficient (Wildman–Crippen LogP) is 4.25. The molecule has 0 N–H and O–H groups in total. The van der Waals surface area contributed by atoms with Gasteiger partial charge in [0.2, 0.25) is 5.91 Å². The molecule has 0 bridgehead atoms. The zero-order valence-corrected chi connectivity index (χ0v) is 27.5. The highest BCUT2D eigenvalue weighted by atomic mass is 35.5. The Kier molecular flexibility index (Phi) is 9.30. The number of aryl methyl sites for hydroxylation is 1. The lowest BCUT2D eigenvalue weighted by atomic mass is 10.1. The molecule has 1 fully saturated rings. The maximum Gasteiger partial charge on any atom is 0.355 e. The SMILES string of the molecule is Cc1cccc(S(C)(=O)=O)c1-n1c(=O)nc(N2CCN(C(=O)/C=C/CN(C)C)C[C@@H]2C)c2cc(F)c(-c3c(F)cccc3Cl)nc21. The van der Waals surface area contributed by atoms with E-state index in [0.717, 1.165) is 23.0 Å². The predicted molar refractivity (Wildman–Crippen MR) is 174 cm³/mol. The highest BCUT2D eigenvalue weighted by molar-refractivity contribution is 7.90. The van der Waals surface area contributed by atoms with Crippen LogP contribution in [0.15, 0.2) is 64.3 Å². The lowest BCUT2D eigenvalue weighted by Gasteiger charge is -2.40. The number of carbonyl (C=O) groups is 1. The van der Waals surface area contributed by atoms with E-state index < -0.39 is 32.9 Å². The number of sulfone groups is 1. The van der Waals surface area contributed by atoms with Crippen molar-refractivity contribution in [3.05, 3.63) is 87.3 Å². The first kappa shape index (κ1) is 33.2. The lowest BCUT2D eigenvalue weighted by molar-refractivity contribution is -0.126. The largest absolute Gasteiger partial charge is 0.355 e. The second-order valence-corrected chi connectivity index (χ2v) is 13.9. The first-order chi connectivity index (χ1) is 21.7. The van der Waals surface area contributed by atoms with Crippen molar-refractivity contribution in [2.45, 2.75) is 24.8 Å². The summed E-state index contributed by atoms with van der Waals surface area (Å²) >= 11 is 6.29. The molecule has 1 amide bonds. The van der Waals surface area contributed by atoms with Crippen LogP contribution in [0.4, 0.5) is 14.6 Å². The van der Waals surface area contributed by atoms with E-state index in [1.165, 1.54) is 24.3 Å². The smallest absolute Gasteiger partial charge is 0.350 e. The van der Waals surface area contributed by atoms with E-state index in [2.05, 4.69) is 9.97 Å². The molecule has 1 saturated heterocycles. The van der Waals surface area contributed by atoms with Crippen LogP contribution in [0.5, 0.6) is 0 Å². The number of nitrogens with zero attached hydrogens (tertiary/aromatic N) is 6. The minimum atomic E-state index is -3.87. The maximum atomic E-state index is 16.0. The number of halogens is 3. The Labute approximate surface area is 270 Å². The molecule has 1 aliphatic rings. The average Bonchev–Trinajstić information content (AvgIpc) is 2.97. The van der Waals surface area contributed by atoms with Gasteiger partial charge in [0.15, 0.2) is 21.3 Å². The first-order valence-electron chi connectivity index (χ1n) is 14.4. The first-order valence-corrected chi connectivity index (χ1v) is 16.7. The summed E-state index contributed by atoms with van der Waals surface area (Å²) in [6, 6.07) is 9.14. The van der Waals surface area contributed by atoms with Crippen LogP contribution in [0.1, 0.15) is 12.5 Å². The average molecular weight is 671 g/mol. The zero-order chi connectivity index (χ0) is 33.5. The number of carbonyl (C=O) groups excluding carboxylic acids is 1. The number of hydrogen-bond acceptors (Lipinski definition) is 8. The van der Waals surface area contributed by atoms with Crippen molar-refractivity contribution in [3.8, 4) is 16.9 Å². The Hall–Kier alpha value is -4.20. The number of pyridine rings is 1. The highest BCUT2D eigenvalue weighted by Gasteiger charge is 2.31. The molecule has 0 saturated carbocycles. The maximum absolute atomic E-state index is 16.0. The molecule has 0 spiro atoms. The molecular weight excluding hydrogens is 638 g/mol. The molecule has 2 aromatic carbocycles. The molecular formula is C32H33ClF2N6O4S. The van der Waals surface area contributed by atoms with Crippen LogP contribution in [0.2, 0.25) is 5.02 Å². The summed E-state index contributed by atoms with van der Waals surface area (Å²) in [5.74, 6) is -1.81. The summed E-state index contributed by atoms with van der Waals surface area (Å²) in [7, 11) is -0.0726. The van der Waals surface area contributed by atoms with E-state index in [0.29, 0.717) is 25.2 Å². The molecule has 4 aromatic rings. The number of benzene rings is 2. The van der Waals surface area contributed by atoms with Crippen LogP contribution in [-0.4, -0.2) is 91.2 Å². The van der Waals surface area contributed by atoms with Gasteiger partial charge in [-0.1, -0.05) is 35.9 Å². The van der Waals surface area contributed by atoms with Crippen LogP contribution < -0.4 is 10.6 Å². The molecule has 3 heterocycles. The number of fused-ring (bicyclic) bond motifs is 1. The van der Waals surface area contributed by atoms with E-state index in [-0.39, 0.29) is 56.5 Å². The van der Waals surface area contributed by atoms with Gasteiger partial charge >= 0.3 is 5.69 Å². The van der Waals surface area contributed by atoms with E-state index >= 15 is 8.78 Å². The van der Waals surface area contributed by atoms with Crippen molar-refractivity contribution in [3.63, 3.8) is 0 Å². The second kappa shape index (κ2) is 12.9. The van der Waals surface area contributed by atoms with E-state index in [1.807, 2.05) is 25.9 Å². The van der Waals surface area contributed by atoms with E-state index in [1.54, 1.807) is 34.9 Å². The minimum absolute atomic E-state index is 0.00304. The third-order valence-electron chi connectivity index (χ3n) is 7.77. The van der Waals surface area contributed by atoms with Gasteiger partial charge in [-0.15, -0.1) is 0 Å². The van der Waals surface area contributed by atoms with E-state index in [4.69, 9.17) is 11.6 Å². The van der Waals surface area contributed by atoms with Crippen molar-refractivity contribution in [2.75, 3.05) is 51.4 Å². The molecule has 1 atom stereocenters. The number of rotatable bonds is 7. The molecule has 0 radical (unpaired) electrons. The van der Waals surface area contributed by atoms with Crippen LogP contribution in [0, 0.1) is 18.6 Å². The van der Waals surface area contributed by atoms with Gasteiger partial charge in [-0.2, -0.15) is 4.98 Å². The van der Waals surface area contributed by atoms with Gasteiger partial charge in [0.1, 0.15) is 17.3 Å². The van der Waals surface area contributed by atoms with Crippen molar-refractivity contribution >= 4 is 44.2 Å². The van der Waals surface area contributed by atoms with Gasteiger partial charge in [-0.3, -0.25) is 4.79 Å². The van der Waals surface area contributed by atoms with Crippen LogP contribution >= 0.6 is 11.6 Å². The number of likely N-dealkylation sites (N-methyl/N-ethyl adjacent to an activating group) is 1. The highest BCUT2D eigenvalue weighted by Crippen LogP contribution is 2.36. The summed E-state index contributed by atoms with van der Waals surface area (Å²) in [5.41, 5.74) is -1.36. The molecule has 5 rings (SSSR count). The Morgan fingerprint density at radius 2 is 1.83 bits per heavy atom. The van der Waals surface area contributed by atoms with Gasteiger partial charge in [0, 0.05) is 44.6 Å². The standard InChI is InChI=1S/C32H33ClF2N6O4S/c1-19-9-6-12-25(46(5,44)45)29(19)41-31-21(17-24(35)28(36-31)27-22(33)10-7-11-23(27)34)30(37-32(41)43)40-16-15-39(18-20(40)2)26(42)13-8-14-38(3)4/h6-13,17,20H,14-16,18H2,1-5H3/b13-8+/t20-/m0/s1. The summed E-state index contributed by atoms with van der Waals surface area (Å²) in [6.07, 6.45) is 4.31. The van der Waals surface area contributed by atoms with Gasteiger partial charge in [0.05, 0.1) is 26.6 Å². The molecule has 10 nitrogen and oxygen atoms in total. The topological polar surface area (TPSA) is 109 Å². The summed E-state index contributed by atoms with van der Waals surface area (Å²) in [6.45, 7) is 4.94. The van der Waals surface area contributed by atoms with Gasteiger partial charge in [-0.25, -0.2) is 31.5 Å². The number of para-hydroxylation sites is 1. The fourth-order valence-electron chi connectivity index (χ4n) is 5.59. The lowest BCUT2D eigenvalue weighted by Crippen LogP contribution is -2.54. The van der Waals surface area contributed by atoms with Crippen LogP contribution in [0.25, 0.3) is 28.0 Å². The Morgan fingerprint density at radius 3 is 2.48 bits per heavy atom. The zero-order valence-electron chi connectivity index (χ0n) is 26.0.